The van der Waals surface area contributed by atoms with Crippen molar-refractivity contribution in [1.29, 1.82) is 0 Å². The van der Waals surface area contributed by atoms with E-state index in [1.165, 1.54) is 28.6 Å². The molecule has 0 unspecified atom stereocenters. The summed E-state index contributed by atoms with van der Waals surface area (Å²) in [4.78, 5) is 12.1. The molecule has 0 radical (unpaired) electrons. The molecule has 0 atom stereocenters. The number of H-pyrrole nitrogens is 1. The highest BCUT2D eigenvalue weighted by atomic mass is 32.2. The number of nitrogen functional groups attached to an aromatic ring is 1. The molecule has 17 heavy (non-hydrogen) atoms. The number of hydrogen-bond donors (Lipinski definition) is 2. The molecule has 3 N–H and O–H groups in total. The zero-order valence-corrected chi connectivity index (χ0v) is 10.3. The van der Waals surface area contributed by atoms with E-state index in [9.17, 15) is 9.18 Å². The SMILES string of the molecule is CSc1cc(-n2[nH]c(=O)cc2N)c(F)cc1C. The summed E-state index contributed by atoms with van der Waals surface area (Å²) in [5.41, 5.74) is 6.38. The first kappa shape index (κ1) is 11.8. The third-order valence-electron chi connectivity index (χ3n) is 2.46. The third-order valence-corrected chi connectivity index (χ3v) is 3.34. The third kappa shape index (κ3) is 2.08. The lowest BCUT2D eigenvalue weighted by Crippen LogP contribution is -2.07. The minimum absolute atomic E-state index is 0.185. The molecule has 0 fully saturated rings. The predicted molar refractivity (Wildman–Crippen MR) is 67.3 cm³/mol. The van der Waals surface area contributed by atoms with E-state index in [1.807, 2.05) is 13.2 Å². The number of halogens is 1. The number of aromatic nitrogens is 2. The van der Waals surface area contributed by atoms with Crippen LogP contribution in [0, 0.1) is 12.7 Å². The summed E-state index contributed by atoms with van der Waals surface area (Å²) in [5, 5.41) is 2.46. The van der Waals surface area contributed by atoms with E-state index in [0.717, 1.165) is 10.5 Å². The lowest BCUT2D eigenvalue weighted by atomic mass is 10.2. The van der Waals surface area contributed by atoms with Crippen LogP contribution in [0.25, 0.3) is 5.69 Å². The summed E-state index contributed by atoms with van der Waals surface area (Å²) in [6.07, 6.45) is 1.91. The van der Waals surface area contributed by atoms with Gasteiger partial charge in [-0.15, -0.1) is 11.8 Å². The minimum atomic E-state index is -0.418. The highest BCUT2D eigenvalue weighted by molar-refractivity contribution is 7.98. The average molecular weight is 253 g/mol. The van der Waals surface area contributed by atoms with Gasteiger partial charge in [0.05, 0.1) is 0 Å². The lowest BCUT2D eigenvalue weighted by molar-refractivity contribution is 0.608. The van der Waals surface area contributed by atoms with Crippen LogP contribution in [0.1, 0.15) is 5.56 Å². The Balaban J connectivity index is 2.67. The van der Waals surface area contributed by atoms with Crippen LogP contribution in [0.4, 0.5) is 10.2 Å². The molecule has 0 saturated carbocycles. The van der Waals surface area contributed by atoms with Gasteiger partial charge in [0.2, 0.25) is 0 Å². The van der Waals surface area contributed by atoms with E-state index >= 15 is 0 Å². The largest absolute Gasteiger partial charge is 0.384 e. The van der Waals surface area contributed by atoms with Crippen molar-refractivity contribution in [2.24, 2.45) is 0 Å². The lowest BCUT2D eigenvalue weighted by Gasteiger charge is -2.10. The second kappa shape index (κ2) is 4.29. The van der Waals surface area contributed by atoms with Crippen molar-refractivity contribution >= 4 is 17.6 Å². The first-order valence-corrected chi connectivity index (χ1v) is 6.17. The maximum Gasteiger partial charge on any atom is 0.266 e. The minimum Gasteiger partial charge on any atom is -0.384 e. The van der Waals surface area contributed by atoms with E-state index in [1.54, 1.807) is 6.07 Å². The molecule has 2 aromatic rings. The van der Waals surface area contributed by atoms with Crippen LogP contribution >= 0.6 is 11.8 Å². The van der Waals surface area contributed by atoms with Crippen molar-refractivity contribution in [3.05, 3.63) is 39.9 Å². The first-order valence-electron chi connectivity index (χ1n) is 4.95. The van der Waals surface area contributed by atoms with Crippen molar-refractivity contribution in [2.75, 3.05) is 12.0 Å². The van der Waals surface area contributed by atoms with Gasteiger partial charge in [0.1, 0.15) is 17.3 Å². The van der Waals surface area contributed by atoms with Crippen LogP contribution in [-0.4, -0.2) is 16.0 Å². The molecular weight excluding hydrogens is 241 g/mol. The van der Waals surface area contributed by atoms with Gasteiger partial charge in [-0.1, -0.05) is 0 Å². The van der Waals surface area contributed by atoms with Gasteiger partial charge in [-0.3, -0.25) is 9.89 Å². The molecule has 4 nitrogen and oxygen atoms in total. The number of aryl methyl sites for hydroxylation is 1. The van der Waals surface area contributed by atoms with Crippen molar-refractivity contribution in [3.63, 3.8) is 0 Å². The molecule has 0 amide bonds. The monoisotopic (exact) mass is 253 g/mol. The smallest absolute Gasteiger partial charge is 0.266 e. The van der Waals surface area contributed by atoms with Crippen molar-refractivity contribution in [1.82, 2.24) is 9.78 Å². The summed E-state index contributed by atoms with van der Waals surface area (Å²) in [6.45, 7) is 1.83. The Labute approximate surface area is 102 Å². The van der Waals surface area contributed by atoms with Crippen molar-refractivity contribution in [3.8, 4) is 5.69 Å². The Hall–Kier alpha value is -1.69. The van der Waals surface area contributed by atoms with Crippen molar-refractivity contribution < 1.29 is 4.39 Å². The van der Waals surface area contributed by atoms with Crippen LogP contribution in [0.2, 0.25) is 0 Å². The zero-order chi connectivity index (χ0) is 12.6. The molecule has 0 bridgehead atoms. The van der Waals surface area contributed by atoms with E-state index in [-0.39, 0.29) is 17.1 Å². The number of benzene rings is 1. The topological polar surface area (TPSA) is 63.8 Å². The van der Waals surface area contributed by atoms with Gasteiger partial charge in [0.15, 0.2) is 0 Å². The van der Waals surface area contributed by atoms with Gasteiger partial charge in [0.25, 0.3) is 5.56 Å². The zero-order valence-electron chi connectivity index (χ0n) is 9.45. The number of hydrogen-bond acceptors (Lipinski definition) is 3. The van der Waals surface area contributed by atoms with E-state index in [2.05, 4.69) is 5.10 Å². The van der Waals surface area contributed by atoms with Gasteiger partial charge in [-0.2, -0.15) is 0 Å². The van der Waals surface area contributed by atoms with E-state index in [4.69, 9.17) is 5.73 Å². The van der Waals surface area contributed by atoms with Gasteiger partial charge < -0.3 is 5.73 Å². The number of anilines is 1. The average Bonchev–Trinajstić information content (AvgIpc) is 2.58. The van der Waals surface area contributed by atoms with Crippen LogP contribution in [0.15, 0.2) is 27.9 Å². The Bertz CT molecular complexity index is 618. The number of rotatable bonds is 2. The molecule has 0 spiro atoms. The normalized spacial score (nSPS) is 10.8. The molecule has 0 saturated heterocycles. The number of nitrogens with zero attached hydrogens (tertiary/aromatic N) is 1. The fourth-order valence-corrected chi connectivity index (χ4v) is 2.25. The van der Waals surface area contributed by atoms with Crippen molar-refractivity contribution in [2.45, 2.75) is 11.8 Å². The Morgan fingerprint density at radius 2 is 2.12 bits per heavy atom. The highest BCUT2D eigenvalue weighted by Gasteiger charge is 2.11. The Morgan fingerprint density at radius 3 is 2.65 bits per heavy atom. The van der Waals surface area contributed by atoms with E-state index in [0.29, 0.717) is 0 Å². The molecule has 0 aliphatic carbocycles. The Morgan fingerprint density at radius 1 is 1.41 bits per heavy atom. The Kier molecular flexibility index (Phi) is 2.97. The summed E-state index contributed by atoms with van der Waals surface area (Å²) in [7, 11) is 0. The fourth-order valence-electron chi connectivity index (χ4n) is 1.64. The maximum absolute atomic E-state index is 13.8. The van der Waals surface area contributed by atoms with Crippen LogP contribution < -0.4 is 11.3 Å². The second-order valence-corrected chi connectivity index (χ2v) is 4.50. The van der Waals surface area contributed by atoms with Crippen LogP contribution in [-0.2, 0) is 0 Å². The summed E-state index contributed by atoms with van der Waals surface area (Å²) in [6, 6.07) is 4.32. The number of aromatic amines is 1. The summed E-state index contributed by atoms with van der Waals surface area (Å²) >= 11 is 1.51. The van der Waals surface area contributed by atoms with Gasteiger partial charge >= 0.3 is 0 Å². The second-order valence-electron chi connectivity index (χ2n) is 3.65. The van der Waals surface area contributed by atoms with Gasteiger partial charge in [0, 0.05) is 11.0 Å². The van der Waals surface area contributed by atoms with Crippen LogP contribution in [0.5, 0.6) is 0 Å². The standard InChI is InChI=1S/C11H12FN3OS/c1-6-3-7(12)8(4-9(6)17-2)15-10(13)5-11(16)14-15/h3-5H,13H2,1-2H3,(H,14,16). The molecule has 0 aliphatic rings. The molecule has 1 aromatic carbocycles. The molecule has 1 heterocycles. The quantitative estimate of drug-likeness (QED) is 0.804. The number of thioether (sulfide) groups is 1. The molecule has 2 rings (SSSR count). The molecule has 1 aromatic heterocycles. The molecule has 6 heteroatoms. The number of nitrogens with two attached hydrogens (primary N) is 1. The van der Waals surface area contributed by atoms with E-state index < -0.39 is 5.82 Å². The van der Waals surface area contributed by atoms with Crippen LogP contribution in [0.3, 0.4) is 0 Å². The maximum atomic E-state index is 13.8. The predicted octanol–water partition coefficient (Wildman–Crippen LogP) is 1.92. The highest BCUT2D eigenvalue weighted by Crippen LogP contribution is 2.26. The first-order chi connectivity index (χ1) is 8.02. The summed E-state index contributed by atoms with van der Waals surface area (Å²) < 4.78 is 15.1. The molecule has 0 aliphatic heterocycles. The number of nitrogens with one attached hydrogen (secondary N) is 1. The fraction of sp³-hybridized carbons (Fsp3) is 0.182. The summed E-state index contributed by atoms with van der Waals surface area (Å²) in [5.74, 6) is -0.233. The van der Waals surface area contributed by atoms with Gasteiger partial charge in [-0.05, 0) is 30.9 Å². The molecule has 90 valence electrons. The molecular formula is C11H12FN3OS. The van der Waals surface area contributed by atoms with Gasteiger partial charge in [-0.25, -0.2) is 9.07 Å².